The Morgan fingerprint density at radius 3 is 3.11 bits per heavy atom. The summed E-state index contributed by atoms with van der Waals surface area (Å²) in [5.74, 6) is 0.573. The summed E-state index contributed by atoms with van der Waals surface area (Å²) in [6.45, 7) is 8.96. The largest absolute Gasteiger partial charge is 0.381 e. The van der Waals surface area contributed by atoms with Gasteiger partial charge in [0.15, 0.2) is 0 Å². The average Bonchev–Trinajstić information content (AvgIpc) is 2.99. The molecular formula is C13H22N4O. The van der Waals surface area contributed by atoms with Crippen molar-refractivity contribution in [1.29, 1.82) is 0 Å². The predicted molar refractivity (Wildman–Crippen MR) is 70.9 cm³/mol. The van der Waals surface area contributed by atoms with Gasteiger partial charge in [-0.2, -0.15) is 0 Å². The lowest BCUT2D eigenvalue weighted by Gasteiger charge is -2.15. The summed E-state index contributed by atoms with van der Waals surface area (Å²) in [5.41, 5.74) is 0.804. The second-order valence-electron chi connectivity index (χ2n) is 5.52. The third-order valence-corrected chi connectivity index (χ3v) is 3.44. The quantitative estimate of drug-likeness (QED) is 0.750. The van der Waals surface area contributed by atoms with E-state index in [2.05, 4.69) is 36.1 Å². The molecule has 1 atom stereocenters. The maximum Gasteiger partial charge on any atom is 0.123 e. The predicted octanol–water partition coefficient (Wildman–Crippen LogP) is 1.92. The van der Waals surface area contributed by atoms with E-state index in [-0.39, 0.29) is 5.54 Å². The lowest BCUT2D eigenvalue weighted by Crippen LogP contribution is -2.14. The summed E-state index contributed by atoms with van der Waals surface area (Å²) in [7, 11) is 0. The number of rotatable bonds is 5. The molecule has 0 aliphatic carbocycles. The van der Waals surface area contributed by atoms with Gasteiger partial charge in [-0.05, 0) is 26.7 Å². The molecule has 18 heavy (non-hydrogen) atoms. The fourth-order valence-electron chi connectivity index (χ4n) is 1.79. The molecule has 0 saturated carbocycles. The van der Waals surface area contributed by atoms with E-state index in [1.165, 1.54) is 0 Å². The van der Waals surface area contributed by atoms with Crippen LogP contribution in [-0.4, -0.2) is 40.0 Å². The topological polar surface area (TPSA) is 52.3 Å². The third-order valence-electron chi connectivity index (χ3n) is 3.44. The molecule has 1 aliphatic rings. The van der Waals surface area contributed by atoms with Crippen molar-refractivity contribution in [1.82, 2.24) is 15.0 Å². The van der Waals surface area contributed by atoms with E-state index in [0.717, 1.165) is 38.3 Å². The molecule has 5 heteroatoms. The molecule has 0 bridgehead atoms. The van der Waals surface area contributed by atoms with E-state index >= 15 is 0 Å². The summed E-state index contributed by atoms with van der Waals surface area (Å²) >= 11 is 0. The van der Waals surface area contributed by atoms with Crippen molar-refractivity contribution in [3.63, 3.8) is 0 Å². The van der Waals surface area contributed by atoms with Gasteiger partial charge in [-0.15, -0.1) is 5.10 Å². The van der Waals surface area contributed by atoms with Gasteiger partial charge < -0.3 is 4.74 Å². The number of hydrogen-bond acceptors (Lipinski definition) is 4. The van der Waals surface area contributed by atoms with Crippen molar-refractivity contribution < 1.29 is 4.74 Å². The highest BCUT2D eigenvalue weighted by atomic mass is 16.5. The molecule has 1 fully saturated rings. The standard InChI is InChI=1S/C13H22N4O/c1-4-13(2,3)14-7-12-9-17(16-15-12)8-11-5-6-18-10-11/h7,9,11H,4-6,8,10H2,1-3H3/t11-/m0/s1. The van der Waals surface area contributed by atoms with Gasteiger partial charge in [0.2, 0.25) is 0 Å². The molecule has 0 N–H and O–H groups in total. The molecule has 2 heterocycles. The lowest BCUT2D eigenvalue weighted by atomic mass is 10.0. The van der Waals surface area contributed by atoms with Gasteiger partial charge >= 0.3 is 0 Å². The normalized spacial score (nSPS) is 20.9. The van der Waals surface area contributed by atoms with Crippen LogP contribution in [0.2, 0.25) is 0 Å². The van der Waals surface area contributed by atoms with Crippen LogP contribution in [0.5, 0.6) is 0 Å². The van der Waals surface area contributed by atoms with Gasteiger partial charge in [0.1, 0.15) is 5.69 Å². The molecule has 0 aromatic carbocycles. The van der Waals surface area contributed by atoms with Gasteiger partial charge in [-0.25, -0.2) is 0 Å². The van der Waals surface area contributed by atoms with Gasteiger partial charge in [0.25, 0.3) is 0 Å². The molecule has 1 aromatic heterocycles. The number of hydrogen-bond donors (Lipinski definition) is 0. The highest BCUT2D eigenvalue weighted by Crippen LogP contribution is 2.15. The van der Waals surface area contributed by atoms with Crippen LogP contribution in [0.3, 0.4) is 0 Å². The van der Waals surface area contributed by atoms with Gasteiger partial charge in [0, 0.05) is 19.1 Å². The molecule has 5 nitrogen and oxygen atoms in total. The van der Waals surface area contributed by atoms with Gasteiger partial charge in [-0.1, -0.05) is 12.1 Å². The molecule has 0 unspecified atom stereocenters. The first-order valence-corrected chi connectivity index (χ1v) is 6.62. The maximum absolute atomic E-state index is 5.35. The van der Waals surface area contributed by atoms with E-state index in [9.17, 15) is 0 Å². The van der Waals surface area contributed by atoms with Crippen molar-refractivity contribution in [2.24, 2.45) is 10.9 Å². The summed E-state index contributed by atoms with van der Waals surface area (Å²) in [6, 6.07) is 0. The fourth-order valence-corrected chi connectivity index (χ4v) is 1.79. The van der Waals surface area contributed by atoms with Crippen LogP contribution in [0.15, 0.2) is 11.2 Å². The minimum atomic E-state index is -0.0247. The second kappa shape index (κ2) is 5.61. The van der Waals surface area contributed by atoms with Gasteiger partial charge in [-0.3, -0.25) is 9.67 Å². The number of aliphatic imine (C=N–C) groups is 1. The van der Waals surface area contributed by atoms with E-state index in [1.807, 2.05) is 17.1 Å². The first kappa shape index (κ1) is 13.2. The number of aromatic nitrogens is 3. The van der Waals surface area contributed by atoms with Crippen molar-refractivity contribution in [3.8, 4) is 0 Å². The maximum atomic E-state index is 5.35. The zero-order valence-electron chi connectivity index (χ0n) is 11.5. The van der Waals surface area contributed by atoms with Crippen LogP contribution in [0, 0.1) is 5.92 Å². The first-order chi connectivity index (χ1) is 8.59. The Morgan fingerprint density at radius 1 is 1.61 bits per heavy atom. The van der Waals surface area contributed by atoms with Gasteiger partial charge in [0.05, 0.1) is 24.6 Å². The molecule has 2 rings (SSSR count). The smallest absolute Gasteiger partial charge is 0.123 e. The Morgan fingerprint density at radius 2 is 2.44 bits per heavy atom. The average molecular weight is 250 g/mol. The molecule has 0 radical (unpaired) electrons. The van der Waals surface area contributed by atoms with Crippen molar-refractivity contribution in [3.05, 3.63) is 11.9 Å². The highest BCUT2D eigenvalue weighted by Gasteiger charge is 2.17. The number of ether oxygens (including phenoxy) is 1. The Hall–Kier alpha value is -1.23. The van der Waals surface area contributed by atoms with Crippen LogP contribution in [0.25, 0.3) is 0 Å². The van der Waals surface area contributed by atoms with E-state index in [0.29, 0.717) is 5.92 Å². The first-order valence-electron chi connectivity index (χ1n) is 6.62. The van der Waals surface area contributed by atoms with Crippen molar-refractivity contribution >= 4 is 6.21 Å². The Bertz CT molecular complexity index is 405. The van der Waals surface area contributed by atoms with Crippen LogP contribution < -0.4 is 0 Å². The molecular weight excluding hydrogens is 228 g/mol. The Kier molecular flexibility index (Phi) is 4.11. The summed E-state index contributed by atoms with van der Waals surface area (Å²) < 4.78 is 7.24. The fraction of sp³-hybridized carbons (Fsp3) is 0.769. The van der Waals surface area contributed by atoms with E-state index in [1.54, 1.807) is 0 Å². The van der Waals surface area contributed by atoms with Crippen LogP contribution in [0.1, 0.15) is 39.3 Å². The van der Waals surface area contributed by atoms with Crippen LogP contribution in [-0.2, 0) is 11.3 Å². The third kappa shape index (κ3) is 3.63. The van der Waals surface area contributed by atoms with Crippen LogP contribution >= 0.6 is 0 Å². The lowest BCUT2D eigenvalue weighted by molar-refractivity contribution is 0.181. The van der Waals surface area contributed by atoms with Crippen molar-refractivity contribution in [2.45, 2.75) is 45.7 Å². The SMILES string of the molecule is CCC(C)(C)N=Cc1cn(C[C@@H]2CCOC2)nn1. The molecule has 0 amide bonds. The highest BCUT2D eigenvalue weighted by molar-refractivity contribution is 5.76. The molecule has 1 saturated heterocycles. The van der Waals surface area contributed by atoms with E-state index in [4.69, 9.17) is 4.74 Å². The van der Waals surface area contributed by atoms with Crippen molar-refractivity contribution in [2.75, 3.05) is 13.2 Å². The zero-order valence-corrected chi connectivity index (χ0v) is 11.5. The summed E-state index contributed by atoms with van der Waals surface area (Å²) in [6.07, 6.45) is 5.90. The Labute approximate surface area is 108 Å². The van der Waals surface area contributed by atoms with Crippen LogP contribution in [0.4, 0.5) is 0 Å². The molecule has 1 aromatic rings. The summed E-state index contributed by atoms with van der Waals surface area (Å²) in [4.78, 5) is 4.52. The Balaban J connectivity index is 1.93. The molecule has 100 valence electrons. The number of nitrogens with zero attached hydrogens (tertiary/aromatic N) is 4. The molecule has 0 spiro atoms. The minimum Gasteiger partial charge on any atom is -0.381 e. The monoisotopic (exact) mass is 250 g/mol. The second-order valence-corrected chi connectivity index (χ2v) is 5.52. The minimum absolute atomic E-state index is 0.0247. The molecule has 1 aliphatic heterocycles. The van der Waals surface area contributed by atoms with E-state index < -0.39 is 0 Å². The summed E-state index contributed by atoms with van der Waals surface area (Å²) in [5, 5.41) is 8.24. The zero-order chi connectivity index (χ0) is 13.0.